The van der Waals surface area contributed by atoms with Crippen molar-refractivity contribution in [1.82, 2.24) is 9.55 Å². The quantitative estimate of drug-likeness (QED) is 0.441. The first-order chi connectivity index (χ1) is 17.1. The monoisotopic (exact) mass is 504 g/mol. The molecule has 0 radical (unpaired) electrons. The van der Waals surface area contributed by atoms with Crippen LogP contribution < -0.4 is 15.4 Å². The lowest BCUT2D eigenvalue weighted by Crippen LogP contribution is -2.23. The molecule has 2 aromatic carbocycles. The number of amides is 1. The third-order valence-corrected chi connectivity index (χ3v) is 8.21. The minimum absolute atomic E-state index is 0.0175. The zero-order valence-electron chi connectivity index (χ0n) is 18.6. The molecule has 9 heteroatoms. The van der Waals surface area contributed by atoms with Gasteiger partial charge >= 0.3 is 0 Å². The van der Waals surface area contributed by atoms with E-state index in [1.54, 1.807) is 0 Å². The van der Waals surface area contributed by atoms with Crippen LogP contribution in [-0.4, -0.2) is 20.6 Å². The number of carbonyl (C=O) groups is 1. The SMILES string of the molecule is O=C1N=c2ccc(F)cc2=C1c1s/c(=N/c2nc(-c3ccccc3)cs2)n(C2CCCCC2)c1O. The summed E-state index contributed by atoms with van der Waals surface area (Å²) >= 11 is 2.65. The molecule has 2 aromatic heterocycles. The Morgan fingerprint density at radius 1 is 1.09 bits per heavy atom. The summed E-state index contributed by atoms with van der Waals surface area (Å²) in [5, 5.41) is 14.7. The van der Waals surface area contributed by atoms with Gasteiger partial charge in [-0.2, -0.15) is 4.99 Å². The Bertz CT molecular complexity index is 1630. The van der Waals surface area contributed by atoms with Gasteiger partial charge < -0.3 is 5.11 Å². The molecule has 0 spiro atoms. The maximum Gasteiger partial charge on any atom is 0.279 e. The van der Waals surface area contributed by atoms with Gasteiger partial charge in [-0.05, 0) is 31.0 Å². The number of nitrogens with zero attached hydrogens (tertiary/aromatic N) is 4. The topological polar surface area (TPSA) is 79.8 Å². The Morgan fingerprint density at radius 3 is 2.69 bits per heavy atom. The molecule has 1 aliphatic heterocycles. The number of rotatable bonds is 4. The van der Waals surface area contributed by atoms with Gasteiger partial charge in [0.2, 0.25) is 11.0 Å². The van der Waals surface area contributed by atoms with Crippen molar-refractivity contribution < 1.29 is 14.3 Å². The van der Waals surface area contributed by atoms with Crippen LogP contribution in [0.5, 0.6) is 5.88 Å². The average molecular weight is 505 g/mol. The molecule has 0 atom stereocenters. The predicted octanol–water partition coefficient (Wildman–Crippen LogP) is 4.61. The summed E-state index contributed by atoms with van der Waals surface area (Å²) < 4.78 is 15.9. The number of benzene rings is 2. The number of fused-ring (bicyclic) bond motifs is 1. The first-order valence-corrected chi connectivity index (χ1v) is 13.2. The van der Waals surface area contributed by atoms with Gasteiger partial charge in [0.25, 0.3) is 5.91 Å². The van der Waals surface area contributed by atoms with Crippen molar-refractivity contribution in [2.24, 2.45) is 9.98 Å². The summed E-state index contributed by atoms with van der Waals surface area (Å²) in [6.45, 7) is 0. The van der Waals surface area contributed by atoms with Gasteiger partial charge in [0, 0.05) is 22.2 Å². The third-order valence-electron chi connectivity index (χ3n) is 6.41. The van der Waals surface area contributed by atoms with Crippen molar-refractivity contribution in [3.63, 3.8) is 0 Å². The zero-order valence-corrected chi connectivity index (χ0v) is 20.3. The molecule has 1 saturated carbocycles. The molecule has 1 fully saturated rings. The summed E-state index contributed by atoms with van der Waals surface area (Å²) in [7, 11) is 0. The minimum Gasteiger partial charge on any atom is -0.493 e. The van der Waals surface area contributed by atoms with Crippen LogP contribution in [0.3, 0.4) is 0 Å². The Hall–Kier alpha value is -3.43. The standard InChI is InChI=1S/C26H21FN4O2S2/c27-16-11-12-19-18(13-16)21(23(32)28-19)22-24(33)31(17-9-5-2-6-10-17)26(35-22)30-25-29-20(14-34-25)15-7-3-1-4-8-15/h1,3-4,7-8,11-14,17,33H,2,5-6,9-10H2/b30-26+. The highest BCUT2D eigenvalue weighted by molar-refractivity contribution is 7.14. The van der Waals surface area contributed by atoms with Crippen LogP contribution in [0.4, 0.5) is 9.52 Å². The first kappa shape index (κ1) is 22.1. The molecule has 0 unspecified atom stereocenters. The molecule has 6 nitrogen and oxygen atoms in total. The van der Waals surface area contributed by atoms with Gasteiger partial charge in [-0.1, -0.05) is 60.9 Å². The summed E-state index contributed by atoms with van der Waals surface area (Å²) in [6, 6.07) is 14.0. The zero-order chi connectivity index (χ0) is 23.9. The molecule has 6 rings (SSSR count). The molecule has 0 bridgehead atoms. The van der Waals surface area contributed by atoms with Gasteiger partial charge in [-0.3, -0.25) is 9.36 Å². The van der Waals surface area contributed by atoms with E-state index in [2.05, 4.69) is 9.98 Å². The van der Waals surface area contributed by atoms with E-state index in [0.717, 1.165) is 43.4 Å². The number of hydrogen-bond donors (Lipinski definition) is 1. The van der Waals surface area contributed by atoms with Crippen LogP contribution in [0.2, 0.25) is 0 Å². The van der Waals surface area contributed by atoms with Gasteiger partial charge in [-0.25, -0.2) is 14.4 Å². The summed E-state index contributed by atoms with van der Waals surface area (Å²) in [5.74, 6) is -0.954. The number of aromatic hydroxyl groups is 1. The van der Waals surface area contributed by atoms with Crippen LogP contribution in [0.15, 0.2) is 63.9 Å². The highest BCUT2D eigenvalue weighted by Crippen LogP contribution is 2.36. The predicted molar refractivity (Wildman–Crippen MR) is 134 cm³/mol. The number of halogens is 1. The highest BCUT2D eigenvalue weighted by atomic mass is 32.1. The van der Waals surface area contributed by atoms with Crippen molar-refractivity contribution in [2.75, 3.05) is 0 Å². The maximum absolute atomic E-state index is 14.0. The van der Waals surface area contributed by atoms with E-state index in [0.29, 0.717) is 25.4 Å². The second-order valence-corrected chi connectivity index (χ2v) is 10.5. The van der Waals surface area contributed by atoms with Crippen molar-refractivity contribution >= 4 is 39.3 Å². The molecule has 0 saturated heterocycles. The fraction of sp³-hybridized carbons (Fsp3) is 0.231. The molecular weight excluding hydrogens is 483 g/mol. The fourth-order valence-electron chi connectivity index (χ4n) is 4.74. The van der Waals surface area contributed by atoms with Crippen LogP contribution in [0.1, 0.15) is 43.0 Å². The van der Waals surface area contributed by atoms with E-state index in [9.17, 15) is 14.3 Å². The normalized spacial score (nSPS) is 16.5. The van der Waals surface area contributed by atoms with Crippen LogP contribution >= 0.6 is 22.7 Å². The van der Waals surface area contributed by atoms with Crippen molar-refractivity contribution in [3.05, 3.63) is 80.0 Å². The molecular formula is C26H21FN4O2S2. The average Bonchev–Trinajstić information content (AvgIpc) is 3.55. The second kappa shape index (κ2) is 8.98. The number of carbonyl (C=O) groups excluding carboxylic acids is 1. The van der Waals surface area contributed by atoms with Gasteiger partial charge in [0.1, 0.15) is 10.7 Å². The molecule has 1 amide bonds. The van der Waals surface area contributed by atoms with Crippen LogP contribution in [0, 0.1) is 5.82 Å². The molecule has 1 aliphatic carbocycles. The smallest absolute Gasteiger partial charge is 0.279 e. The third kappa shape index (κ3) is 4.04. The largest absolute Gasteiger partial charge is 0.493 e. The van der Waals surface area contributed by atoms with Crippen molar-refractivity contribution in [1.29, 1.82) is 0 Å². The molecule has 1 N–H and O–H groups in total. The summed E-state index contributed by atoms with van der Waals surface area (Å²) in [6.07, 6.45) is 5.13. The van der Waals surface area contributed by atoms with Gasteiger partial charge in [0.15, 0.2) is 4.80 Å². The number of hydrogen-bond acceptors (Lipinski definition) is 6. The molecule has 3 heterocycles. The Balaban J connectivity index is 1.53. The summed E-state index contributed by atoms with van der Waals surface area (Å²) in [4.78, 5) is 27.3. The van der Waals surface area contributed by atoms with Gasteiger partial charge in [0.05, 0.1) is 16.6 Å². The maximum atomic E-state index is 14.0. The minimum atomic E-state index is -0.481. The highest BCUT2D eigenvalue weighted by Gasteiger charge is 2.29. The molecule has 2 aliphatic rings. The van der Waals surface area contributed by atoms with Gasteiger partial charge in [-0.15, -0.1) is 11.3 Å². The van der Waals surface area contributed by atoms with Crippen molar-refractivity contribution in [2.45, 2.75) is 38.1 Å². The van der Waals surface area contributed by atoms with Crippen LogP contribution in [0.25, 0.3) is 16.8 Å². The van der Waals surface area contributed by atoms with E-state index in [1.165, 1.54) is 40.9 Å². The van der Waals surface area contributed by atoms with Crippen LogP contribution in [-0.2, 0) is 4.79 Å². The molecule has 176 valence electrons. The van der Waals surface area contributed by atoms with E-state index in [1.807, 2.05) is 40.3 Å². The summed E-state index contributed by atoms with van der Waals surface area (Å²) in [5.41, 5.74) is 2.06. The lowest BCUT2D eigenvalue weighted by molar-refractivity contribution is -0.112. The lowest BCUT2D eigenvalue weighted by atomic mass is 9.95. The first-order valence-electron chi connectivity index (χ1n) is 11.5. The van der Waals surface area contributed by atoms with Crippen molar-refractivity contribution in [3.8, 4) is 17.1 Å². The second-order valence-electron chi connectivity index (χ2n) is 8.65. The van der Waals surface area contributed by atoms with E-state index >= 15 is 0 Å². The molecule has 35 heavy (non-hydrogen) atoms. The number of thiazole rings is 2. The van der Waals surface area contributed by atoms with E-state index in [4.69, 9.17) is 4.99 Å². The van der Waals surface area contributed by atoms with E-state index in [-0.39, 0.29) is 17.5 Å². The Labute approximate surface area is 208 Å². The lowest BCUT2D eigenvalue weighted by Gasteiger charge is -2.23. The Kier molecular flexibility index (Phi) is 5.66. The molecule has 4 aromatic rings. The Morgan fingerprint density at radius 2 is 1.89 bits per heavy atom. The fourth-order valence-corrected chi connectivity index (χ4v) is 6.63. The van der Waals surface area contributed by atoms with E-state index < -0.39 is 11.7 Å². The number of aromatic nitrogens is 2.